The Labute approximate surface area is 130 Å². The summed E-state index contributed by atoms with van der Waals surface area (Å²) in [6.45, 7) is 3.33. The van der Waals surface area contributed by atoms with E-state index in [1.165, 1.54) is 0 Å². The molecule has 2 rings (SSSR count). The molecule has 0 spiro atoms. The molecule has 1 aliphatic rings. The van der Waals surface area contributed by atoms with Crippen molar-refractivity contribution in [2.24, 2.45) is 5.73 Å². The minimum atomic E-state index is -0.525. The molecule has 0 bridgehead atoms. The normalized spacial score (nSPS) is 16.9. The zero-order valence-corrected chi connectivity index (χ0v) is 12.9. The Morgan fingerprint density at radius 1 is 1.36 bits per heavy atom. The Balaban J connectivity index is 1.91. The number of hydrogen-bond donors (Lipinski definition) is 2. The summed E-state index contributed by atoms with van der Waals surface area (Å²) in [6, 6.07) is 7.38. The fraction of sp³-hybridized carbons (Fsp3) is 0.500. The van der Waals surface area contributed by atoms with Crippen molar-refractivity contribution in [3.8, 4) is 5.75 Å². The van der Waals surface area contributed by atoms with Crippen LogP contribution in [-0.4, -0.2) is 37.6 Å². The number of carbonyl (C=O) groups excluding carboxylic acids is 2. The average molecular weight is 305 g/mol. The number of rotatable bonds is 7. The lowest BCUT2D eigenvalue weighted by molar-refractivity contribution is -0.125. The third-order valence-electron chi connectivity index (χ3n) is 3.59. The van der Waals surface area contributed by atoms with E-state index in [0.29, 0.717) is 25.4 Å². The maximum Gasteiger partial charge on any atom is 0.267 e. The SMILES string of the molecule is CC1Oc2ccccc2N(CCC(=O)NCCCCN)C1=O. The van der Waals surface area contributed by atoms with Crippen LogP contribution in [0.15, 0.2) is 24.3 Å². The van der Waals surface area contributed by atoms with E-state index in [1.54, 1.807) is 11.8 Å². The predicted octanol–water partition coefficient (Wildman–Crippen LogP) is 1.05. The molecule has 22 heavy (non-hydrogen) atoms. The van der Waals surface area contributed by atoms with Gasteiger partial charge < -0.3 is 20.7 Å². The molecule has 0 saturated heterocycles. The number of ether oxygens (including phenoxy) is 1. The first kappa shape index (κ1) is 16.3. The largest absolute Gasteiger partial charge is 0.479 e. The summed E-state index contributed by atoms with van der Waals surface area (Å²) >= 11 is 0. The lowest BCUT2D eigenvalue weighted by atomic mass is 10.1. The molecule has 0 radical (unpaired) electrons. The highest BCUT2D eigenvalue weighted by atomic mass is 16.5. The summed E-state index contributed by atoms with van der Waals surface area (Å²) in [5.74, 6) is 0.508. The van der Waals surface area contributed by atoms with Crippen molar-refractivity contribution in [3.63, 3.8) is 0 Å². The first-order valence-electron chi connectivity index (χ1n) is 7.67. The molecule has 2 amide bonds. The van der Waals surface area contributed by atoms with E-state index < -0.39 is 6.10 Å². The predicted molar refractivity (Wildman–Crippen MR) is 84.8 cm³/mol. The van der Waals surface area contributed by atoms with Gasteiger partial charge in [0.05, 0.1) is 5.69 Å². The van der Waals surface area contributed by atoms with E-state index in [9.17, 15) is 9.59 Å². The van der Waals surface area contributed by atoms with Gasteiger partial charge in [0.2, 0.25) is 5.91 Å². The van der Waals surface area contributed by atoms with Crippen molar-refractivity contribution in [2.75, 3.05) is 24.5 Å². The summed E-state index contributed by atoms with van der Waals surface area (Å²) in [7, 11) is 0. The van der Waals surface area contributed by atoms with Crippen LogP contribution in [-0.2, 0) is 9.59 Å². The zero-order valence-electron chi connectivity index (χ0n) is 12.9. The van der Waals surface area contributed by atoms with E-state index in [0.717, 1.165) is 18.5 Å². The van der Waals surface area contributed by atoms with Crippen molar-refractivity contribution in [1.82, 2.24) is 5.32 Å². The fourth-order valence-electron chi connectivity index (χ4n) is 2.39. The van der Waals surface area contributed by atoms with Gasteiger partial charge in [0.25, 0.3) is 5.91 Å². The highest BCUT2D eigenvalue weighted by Crippen LogP contribution is 2.33. The molecular formula is C16H23N3O3. The van der Waals surface area contributed by atoms with Crippen molar-refractivity contribution >= 4 is 17.5 Å². The van der Waals surface area contributed by atoms with Crippen LogP contribution in [0.3, 0.4) is 0 Å². The van der Waals surface area contributed by atoms with Crippen molar-refractivity contribution < 1.29 is 14.3 Å². The highest BCUT2D eigenvalue weighted by Gasteiger charge is 2.31. The number of para-hydroxylation sites is 2. The van der Waals surface area contributed by atoms with Crippen LogP contribution in [0.1, 0.15) is 26.2 Å². The molecule has 1 heterocycles. The maximum atomic E-state index is 12.3. The van der Waals surface area contributed by atoms with Gasteiger partial charge in [-0.1, -0.05) is 12.1 Å². The monoisotopic (exact) mass is 305 g/mol. The van der Waals surface area contributed by atoms with Crippen LogP contribution < -0.4 is 20.7 Å². The number of nitrogens with zero attached hydrogens (tertiary/aromatic N) is 1. The van der Waals surface area contributed by atoms with Crippen LogP contribution in [0, 0.1) is 0 Å². The third kappa shape index (κ3) is 3.98. The Bertz CT molecular complexity index is 533. The summed E-state index contributed by atoms with van der Waals surface area (Å²) in [5.41, 5.74) is 6.13. The van der Waals surface area contributed by atoms with Crippen molar-refractivity contribution in [3.05, 3.63) is 24.3 Å². The van der Waals surface area contributed by atoms with Crippen LogP contribution >= 0.6 is 0 Å². The molecule has 1 aromatic carbocycles. The lowest BCUT2D eigenvalue weighted by Gasteiger charge is -2.32. The summed E-state index contributed by atoms with van der Waals surface area (Å²) in [4.78, 5) is 25.7. The van der Waals surface area contributed by atoms with E-state index >= 15 is 0 Å². The second kappa shape index (κ2) is 7.79. The van der Waals surface area contributed by atoms with Crippen molar-refractivity contribution in [1.29, 1.82) is 0 Å². The molecule has 6 heteroatoms. The number of hydrogen-bond acceptors (Lipinski definition) is 4. The molecule has 0 fully saturated rings. The molecule has 0 aromatic heterocycles. The van der Waals surface area contributed by atoms with Gasteiger partial charge in [-0.25, -0.2) is 0 Å². The Morgan fingerprint density at radius 2 is 2.14 bits per heavy atom. The average Bonchev–Trinajstić information content (AvgIpc) is 2.52. The molecule has 0 saturated carbocycles. The van der Waals surface area contributed by atoms with Crippen molar-refractivity contribution in [2.45, 2.75) is 32.3 Å². The molecule has 1 unspecified atom stereocenters. The van der Waals surface area contributed by atoms with Gasteiger partial charge in [0.15, 0.2) is 6.10 Å². The smallest absolute Gasteiger partial charge is 0.267 e. The first-order valence-corrected chi connectivity index (χ1v) is 7.67. The van der Waals surface area contributed by atoms with Crippen LogP contribution in [0.2, 0.25) is 0 Å². The molecule has 1 atom stereocenters. The summed E-state index contributed by atoms with van der Waals surface area (Å²) < 4.78 is 5.57. The van der Waals surface area contributed by atoms with E-state index in [2.05, 4.69) is 5.32 Å². The van der Waals surface area contributed by atoms with Gasteiger partial charge in [-0.05, 0) is 38.4 Å². The van der Waals surface area contributed by atoms with Crippen LogP contribution in [0.25, 0.3) is 0 Å². The van der Waals surface area contributed by atoms with E-state index in [-0.39, 0.29) is 18.2 Å². The molecular weight excluding hydrogens is 282 g/mol. The minimum absolute atomic E-state index is 0.0542. The standard InChI is InChI=1S/C16H23N3O3/c1-12-16(21)19(13-6-2-3-7-14(13)22-12)11-8-15(20)18-10-5-4-9-17/h2-3,6-7,12H,4-5,8-11,17H2,1H3,(H,18,20). The molecule has 120 valence electrons. The third-order valence-corrected chi connectivity index (χ3v) is 3.59. The topological polar surface area (TPSA) is 84.7 Å². The number of amides is 2. The molecule has 0 aliphatic carbocycles. The zero-order chi connectivity index (χ0) is 15.9. The molecule has 1 aliphatic heterocycles. The molecule has 3 N–H and O–H groups in total. The Morgan fingerprint density at radius 3 is 2.91 bits per heavy atom. The van der Waals surface area contributed by atoms with Crippen LogP contribution in [0.4, 0.5) is 5.69 Å². The summed E-state index contributed by atoms with van der Waals surface area (Å²) in [6.07, 6.45) is 1.52. The number of carbonyl (C=O) groups is 2. The van der Waals surface area contributed by atoms with Gasteiger partial charge in [-0.3, -0.25) is 9.59 Å². The van der Waals surface area contributed by atoms with Gasteiger partial charge in [-0.2, -0.15) is 0 Å². The molecule has 1 aromatic rings. The van der Waals surface area contributed by atoms with Gasteiger partial charge >= 0.3 is 0 Å². The first-order chi connectivity index (χ1) is 10.6. The molecule has 6 nitrogen and oxygen atoms in total. The van der Waals surface area contributed by atoms with Gasteiger partial charge in [-0.15, -0.1) is 0 Å². The number of nitrogens with one attached hydrogen (secondary N) is 1. The fourth-order valence-corrected chi connectivity index (χ4v) is 2.39. The maximum absolute atomic E-state index is 12.3. The number of nitrogens with two attached hydrogens (primary N) is 1. The van der Waals surface area contributed by atoms with Gasteiger partial charge in [0.1, 0.15) is 5.75 Å². The Kier molecular flexibility index (Phi) is 5.77. The highest BCUT2D eigenvalue weighted by molar-refractivity contribution is 6.00. The number of unbranched alkanes of at least 4 members (excludes halogenated alkanes) is 1. The number of anilines is 1. The second-order valence-electron chi connectivity index (χ2n) is 5.31. The van der Waals surface area contributed by atoms with Crippen LogP contribution in [0.5, 0.6) is 5.75 Å². The van der Waals surface area contributed by atoms with E-state index in [4.69, 9.17) is 10.5 Å². The lowest BCUT2D eigenvalue weighted by Crippen LogP contribution is -2.45. The number of benzene rings is 1. The Hall–Kier alpha value is -2.08. The second-order valence-corrected chi connectivity index (χ2v) is 5.31. The quantitative estimate of drug-likeness (QED) is 0.737. The van der Waals surface area contributed by atoms with Gasteiger partial charge in [0, 0.05) is 19.5 Å². The minimum Gasteiger partial charge on any atom is -0.479 e. The number of fused-ring (bicyclic) bond motifs is 1. The van der Waals surface area contributed by atoms with E-state index in [1.807, 2.05) is 24.3 Å². The summed E-state index contributed by atoms with van der Waals surface area (Å²) in [5, 5.41) is 2.84.